The topological polar surface area (TPSA) is 58.1 Å². The van der Waals surface area contributed by atoms with Crippen LogP contribution in [0.4, 0.5) is 0 Å². The molecule has 0 aliphatic carbocycles. The first kappa shape index (κ1) is 12.2. The molecule has 2 saturated heterocycles. The van der Waals surface area contributed by atoms with Crippen LogP contribution in [0.2, 0.25) is 0 Å². The molecule has 20 heavy (non-hydrogen) atoms. The number of fused-ring (bicyclic) bond motifs is 3. The lowest BCUT2D eigenvalue weighted by Crippen LogP contribution is -2.47. The number of pyridine rings is 1. The minimum Gasteiger partial charge on any atom is -0.347 e. The Labute approximate surface area is 121 Å². The quantitative estimate of drug-likeness (QED) is 0.910. The molecule has 2 aromatic rings. The van der Waals surface area contributed by atoms with Crippen LogP contribution in [-0.4, -0.2) is 46.5 Å². The number of nitrogens with one attached hydrogen (secondary N) is 1. The third kappa shape index (κ3) is 2.19. The lowest BCUT2D eigenvalue weighted by molar-refractivity contribution is 0.0904. The van der Waals surface area contributed by atoms with Crippen LogP contribution in [-0.2, 0) is 0 Å². The highest BCUT2D eigenvalue weighted by Crippen LogP contribution is 2.26. The number of rotatable bonds is 2. The van der Waals surface area contributed by atoms with Crippen molar-refractivity contribution in [2.75, 3.05) is 19.6 Å². The molecule has 0 radical (unpaired) electrons. The van der Waals surface area contributed by atoms with Crippen LogP contribution >= 0.6 is 11.3 Å². The zero-order valence-corrected chi connectivity index (χ0v) is 11.9. The summed E-state index contributed by atoms with van der Waals surface area (Å²) in [6.45, 7) is 3.36. The Morgan fingerprint density at radius 3 is 3.25 bits per heavy atom. The first-order valence-electron chi connectivity index (χ1n) is 7.00. The van der Waals surface area contributed by atoms with Crippen molar-refractivity contribution in [3.05, 3.63) is 23.5 Å². The van der Waals surface area contributed by atoms with Crippen molar-refractivity contribution in [3.63, 3.8) is 0 Å². The highest BCUT2D eigenvalue weighted by molar-refractivity contribution is 7.16. The SMILES string of the molecule is O=C(NC1CC2CCN(C2)C1)c1cc2ncsc2cn1. The van der Waals surface area contributed by atoms with E-state index in [0.29, 0.717) is 5.69 Å². The molecular formula is C14H16N4OS. The molecule has 2 aromatic heterocycles. The van der Waals surface area contributed by atoms with E-state index in [9.17, 15) is 4.79 Å². The standard InChI is InChI=1S/C14H16N4OS/c19-14(12-4-11-13(5-15-12)20-8-16-11)17-10-3-9-1-2-18(6-9)7-10/h4-5,8-10H,1-3,6-7H2,(H,17,19). The van der Waals surface area contributed by atoms with Crippen molar-refractivity contribution < 1.29 is 4.79 Å². The van der Waals surface area contributed by atoms with E-state index in [1.54, 1.807) is 29.1 Å². The third-order valence-electron chi connectivity index (χ3n) is 4.25. The molecule has 4 rings (SSSR count). The number of hydrogen-bond donors (Lipinski definition) is 1. The van der Waals surface area contributed by atoms with E-state index >= 15 is 0 Å². The number of carbonyl (C=O) groups is 1. The van der Waals surface area contributed by atoms with Crippen molar-refractivity contribution in [1.29, 1.82) is 0 Å². The smallest absolute Gasteiger partial charge is 0.270 e. The molecule has 1 N–H and O–H groups in total. The average molecular weight is 288 g/mol. The molecule has 0 saturated carbocycles. The third-order valence-corrected chi connectivity index (χ3v) is 5.03. The van der Waals surface area contributed by atoms with Crippen LogP contribution in [0.5, 0.6) is 0 Å². The second kappa shape index (κ2) is 4.79. The van der Waals surface area contributed by atoms with E-state index < -0.39 is 0 Å². The molecule has 104 valence electrons. The van der Waals surface area contributed by atoms with E-state index in [1.807, 2.05) is 0 Å². The molecule has 6 heteroatoms. The largest absolute Gasteiger partial charge is 0.347 e. The van der Waals surface area contributed by atoms with Crippen LogP contribution in [0.15, 0.2) is 17.8 Å². The van der Waals surface area contributed by atoms with Gasteiger partial charge in [-0.2, -0.15) is 0 Å². The summed E-state index contributed by atoms with van der Waals surface area (Å²) in [5, 5.41) is 3.13. The summed E-state index contributed by atoms with van der Waals surface area (Å²) in [5.74, 6) is 0.676. The van der Waals surface area contributed by atoms with Gasteiger partial charge < -0.3 is 10.2 Å². The molecule has 0 aromatic carbocycles. The second-order valence-corrected chi connectivity index (χ2v) is 6.60. The predicted molar refractivity (Wildman–Crippen MR) is 77.8 cm³/mol. The number of hydrogen-bond acceptors (Lipinski definition) is 5. The van der Waals surface area contributed by atoms with Crippen LogP contribution in [0.1, 0.15) is 23.3 Å². The normalized spacial score (nSPS) is 28.7. The van der Waals surface area contributed by atoms with Crippen molar-refractivity contribution in [2.24, 2.45) is 5.92 Å². The molecule has 2 bridgehead atoms. The predicted octanol–water partition coefficient (Wildman–Crippen LogP) is 1.52. The summed E-state index contributed by atoms with van der Waals surface area (Å²) in [4.78, 5) is 23.2. The fourth-order valence-corrected chi connectivity index (χ4v) is 3.94. The fraction of sp³-hybridized carbons (Fsp3) is 0.500. The van der Waals surface area contributed by atoms with Crippen molar-refractivity contribution >= 4 is 27.5 Å². The van der Waals surface area contributed by atoms with Crippen molar-refractivity contribution in [1.82, 2.24) is 20.2 Å². The lowest BCUT2D eigenvalue weighted by Gasteiger charge is -2.30. The highest BCUT2D eigenvalue weighted by atomic mass is 32.1. The Morgan fingerprint density at radius 2 is 2.35 bits per heavy atom. The van der Waals surface area contributed by atoms with Gasteiger partial charge in [0.05, 0.1) is 15.7 Å². The van der Waals surface area contributed by atoms with Gasteiger partial charge in [0.15, 0.2) is 0 Å². The highest BCUT2D eigenvalue weighted by Gasteiger charge is 2.33. The molecule has 5 nitrogen and oxygen atoms in total. The van der Waals surface area contributed by atoms with Gasteiger partial charge in [-0.1, -0.05) is 0 Å². The van der Waals surface area contributed by atoms with Crippen LogP contribution < -0.4 is 5.32 Å². The number of carbonyl (C=O) groups excluding carboxylic acids is 1. The maximum atomic E-state index is 12.3. The second-order valence-electron chi connectivity index (χ2n) is 5.71. The van der Waals surface area contributed by atoms with E-state index in [1.165, 1.54) is 19.5 Å². The molecule has 4 heterocycles. The van der Waals surface area contributed by atoms with E-state index in [2.05, 4.69) is 20.2 Å². The van der Waals surface area contributed by atoms with Gasteiger partial charge in [-0.3, -0.25) is 4.79 Å². The summed E-state index contributed by atoms with van der Waals surface area (Å²) in [6.07, 6.45) is 4.10. The van der Waals surface area contributed by atoms with Gasteiger partial charge in [0, 0.05) is 25.3 Å². The van der Waals surface area contributed by atoms with Gasteiger partial charge in [0.2, 0.25) is 0 Å². The number of nitrogens with zero attached hydrogens (tertiary/aromatic N) is 3. The summed E-state index contributed by atoms with van der Waals surface area (Å²) in [6, 6.07) is 2.04. The number of aromatic nitrogens is 2. The zero-order valence-electron chi connectivity index (χ0n) is 11.1. The van der Waals surface area contributed by atoms with Gasteiger partial charge in [-0.15, -0.1) is 11.3 Å². The molecule has 2 aliphatic rings. The summed E-state index contributed by atoms with van der Waals surface area (Å²) < 4.78 is 1.02. The number of amides is 1. The van der Waals surface area contributed by atoms with Crippen LogP contribution in [0.3, 0.4) is 0 Å². The first-order valence-corrected chi connectivity index (χ1v) is 7.88. The Balaban J connectivity index is 1.49. The van der Waals surface area contributed by atoms with Gasteiger partial charge in [0.25, 0.3) is 5.91 Å². The molecule has 2 fully saturated rings. The molecule has 2 aliphatic heterocycles. The molecule has 3 atom stereocenters. The Kier molecular flexibility index (Phi) is 2.93. The van der Waals surface area contributed by atoms with Gasteiger partial charge in [-0.05, 0) is 31.4 Å². The van der Waals surface area contributed by atoms with E-state index in [-0.39, 0.29) is 11.9 Å². The maximum absolute atomic E-state index is 12.3. The van der Waals surface area contributed by atoms with Gasteiger partial charge in [-0.25, -0.2) is 9.97 Å². The number of thiazole rings is 1. The van der Waals surface area contributed by atoms with Gasteiger partial charge in [0.1, 0.15) is 5.69 Å². The molecule has 3 unspecified atom stereocenters. The first-order chi connectivity index (χ1) is 9.78. The molecular weight excluding hydrogens is 272 g/mol. The summed E-state index contributed by atoms with van der Waals surface area (Å²) in [5.41, 5.74) is 3.10. The Bertz CT molecular complexity index is 643. The summed E-state index contributed by atoms with van der Waals surface area (Å²) >= 11 is 1.54. The van der Waals surface area contributed by atoms with Crippen LogP contribution in [0.25, 0.3) is 10.2 Å². The van der Waals surface area contributed by atoms with Crippen LogP contribution in [0, 0.1) is 5.92 Å². The van der Waals surface area contributed by atoms with Crippen molar-refractivity contribution in [3.8, 4) is 0 Å². The Morgan fingerprint density at radius 1 is 1.40 bits per heavy atom. The maximum Gasteiger partial charge on any atom is 0.270 e. The van der Waals surface area contributed by atoms with E-state index in [0.717, 1.165) is 29.1 Å². The summed E-state index contributed by atoms with van der Waals surface area (Å²) in [7, 11) is 0. The Hall–Kier alpha value is -1.53. The lowest BCUT2D eigenvalue weighted by atomic mass is 9.97. The fourth-order valence-electron chi connectivity index (χ4n) is 3.31. The number of piperidine rings is 1. The van der Waals surface area contributed by atoms with E-state index in [4.69, 9.17) is 0 Å². The average Bonchev–Trinajstić information content (AvgIpc) is 3.04. The minimum atomic E-state index is -0.0765. The molecule has 1 amide bonds. The van der Waals surface area contributed by atoms with Gasteiger partial charge >= 0.3 is 0 Å². The zero-order chi connectivity index (χ0) is 13.5. The monoisotopic (exact) mass is 288 g/mol. The minimum absolute atomic E-state index is 0.0765. The van der Waals surface area contributed by atoms with Crippen molar-refractivity contribution in [2.45, 2.75) is 18.9 Å². The molecule has 0 spiro atoms.